The summed E-state index contributed by atoms with van der Waals surface area (Å²) in [5.41, 5.74) is 3.99. The number of hydrogen-bond acceptors (Lipinski definition) is 8. The molecule has 3 heterocycles. The van der Waals surface area contributed by atoms with Gasteiger partial charge in [0.15, 0.2) is 13.9 Å². The van der Waals surface area contributed by atoms with E-state index < -0.39 is 20.0 Å². The second-order valence-electron chi connectivity index (χ2n) is 14.3. The van der Waals surface area contributed by atoms with E-state index >= 15 is 0 Å². The maximum absolute atomic E-state index is 14.8. The van der Waals surface area contributed by atoms with Crippen molar-refractivity contribution in [1.29, 1.82) is 0 Å². The number of fused-ring (bicyclic) bond motifs is 2. The summed E-state index contributed by atoms with van der Waals surface area (Å²) >= 11 is 0. The van der Waals surface area contributed by atoms with Gasteiger partial charge < -0.3 is 29.6 Å². The lowest BCUT2D eigenvalue weighted by Gasteiger charge is -2.32. The molecule has 2 amide bonds. The minimum absolute atomic E-state index is 0.0123. The Kier molecular flexibility index (Phi) is 11.5. The molecular weight excluding hydrogens is 651 g/mol. The highest BCUT2D eigenvalue weighted by molar-refractivity contribution is 6.71. The van der Waals surface area contributed by atoms with Crippen LogP contribution >= 0.6 is 0 Å². The topological polar surface area (TPSA) is 139 Å². The lowest BCUT2D eigenvalue weighted by molar-refractivity contribution is -0.145. The summed E-state index contributed by atoms with van der Waals surface area (Å²) in [4.78, 5) is 41.6. The summed E-state index contributed by atoms with van der Waals surface area (Å²) in [6.45, 7) is 12.9. The number of amides is 2. The summed E-state index contributed by atoms with van der Waals surface area (Å²) in [5.74, 6) is -0.150. The Hall–Kier alpha value is -4.10. The van der Waals surface area contributed by atoms with E-state index in [2.05, 4.69) is 48.6 Å². The maximum atomic E-state index is 14.8. The Morgan fingerprint density at radius 2 is 1.88 bits per heavy atom. The summed E-state index contributed by atoms with van der Waals surface area (Å²) < 4.78 is 14.0. The highest BCUT2D eigenvalue weighted by Gasteiger charge is 2.66. The third-order valence-electron chi connectivity index (χ3n) is 9.90. The van der Waals surface area contributed by atoms with Crippen molar-refractivity contribution < 1.29 is 29.0 Å². The monoisotopic (exact) mass is 701 g/mol. The van der Waals surface area contributed by atoms with Crippen LogP contribution in [0.5, 0.6) is 5.75 Å². The molecule has 268 valence electrons. The second kappa shape index (κ2) is 15.4. The van der Waals surface area contributed by atoms with E-state index in [1.807, 2.05) is 44.4 Å². The molecule has 0 unspecified atom stereocenters. The zero-order valence-corrected chi connectivity index (χ0v) is 31.3. The van der Waals surface area contributed by atoms with Crippen molar-refractivity contribution in [1.82, 2.24) is 15.0 Å². The molecular formula is C38H51N5O6Si. The molecule has 3 aromatic rings. The average Bonchev–Trinajstić information content (AvgIpc) is 3.71. The number of nitrogens with zero attached hydrogens (tertiary/aromatic N) is 4. The number of rotatable bonds is 14. The Morgan fingerprint density at radius 1 is 1.14 bits per heavy atom. The number of allylic oxidation sites excluding steroid dienone is 3. The van der Waals surface area contributed by atoms with Crippen LogP contribution in [-0.4, -0.2) is 71.4 Å². The molecule has 3 N–H and O–H groups in total. The number of aryl methyl sites for hydroxylation is 1. The number of aliphatic hydroxyl groups is 1. The van der Waals surface area contributed by atoms with Crippen LogP contribution in [0, 0.1) is 5.92 Å². The van der Waals surface area contributed by atoms with Crippen molar-refractivity contribution in [2.45, 2.75) is 90.3 Å². The van der Waals surface area contributed by atoms with E-state index in [0.717, 1.165) is 18.5 Å². The SMILES string of the molecule is COc1ccc(C(=O)Nc2ccc3c(c2)[C@]2(O[C@@H](CCn4cc(CCO)nn4)[C@H]([Si](C)(C)O)[C@H]2C)C(=O)N3C/C=C(\C)CCC=C(C)C)cc1. The minimum atomic E-state index is -2.89. The van der Waals surface area contributed by atoms with Crippen LogP contribution in [0.25, 0.3) is 0 Å². The summed E-state index contributed by atoms with van der Waals surface area (Å²) in [6.07, 6.45) is 8.45. The summed E-state index contributed by atoms with van der Waals surface area (Å²) in [6, 6.07) is 12.4. The molecule has 12 heteroatoms. The fraction of sp³-hybridized carbons (Fsp3) is 0.474. The van der Waals surface area contributed by atoms with Crippen LogP contribution in [0.15, 0.2) is 72.0 Å². The van der Waals surface area contributed by atoms with Gasteiger partial charge in [0.2, 0.25) is 0 Å². The van der Waals surface area contributed by atoms with Gasteiger partial charge in [-0.15, -0.1) is 5.10 Å². The first-order valence-electron chi connectivity index (χ1n) is 17.4. The summed E-state index contributed by atoms with van der Waals surface area (Å²) in [5, 5.41) is 20.7. The Balaban J connectivity index is 1.50. The van der Waals surface area contributed by atoms with E-state index in [-0.39, 0.29) is 29.9 Å². The molecule has 0 saturated carbocycles. The molecule has 0 aliphatic carbocycles. The molecule has 1 fully saturated rings. The first-order valence-corrected chi connectivity index (χ1v) is 20.4. The number of ether oxygens (including phenoxy) is 2. The molecule has 2 aliphatic heterocycles. The smallest absolute Gasteiger partial charge is 0.264 e. The number of benzene rings is 2. The normalized spacial score (nSPS) is 21.9. The molecule has 4 atom stereocenters. The van der Waals surface area contributed by atoms with E-state index in [4.69, 9.17) is 9.47 Å². The van der Waals surface area contributed by atoms with Gasteiger partial charge in [-0.05, 0) is 95.6 Å². The number of hydrogen-bond donors (Lipinski definition) is 3. The van der Waals surface area contributed by atoms with Crippen LogP contribution in [-0.2, 0) is 28.1 Å². The number of aliphatic hydroxyl groups excluding tert-OH is 1. The van der Waals surface area contributed by atoms with Gasteiger partial charge in [-0.25, -0.2) is 0 Å². The number of nitrogens with one attached hydrogen (secondary N) is 1. The predicted molar refractivity (Wildman–Crippen MR) is 197 cm³/mol. The van der Waals surface area contributed by atoms with Crippen molar-refractivity contribution in [3.8, 4) is 5.75 Å². The van der Waals surface area contributed by atoms with Gasteiger partial charge in [-0.1, -0.05) is 35.4 Å². The zero-order valence-electron chi connectivity index (χ0n) is 30.3. The molecule has 5 rings (SSSR count). The van der Waals surface area contributed by atoms with Gasteiger partial charge in [0, 0.05) is 60.6 Å². The van der Waals surface area contributed by atoms with Gasteiger partial charge in [-0.3, -0.25) is 14.3 Å². The Morgan fingerprint density at radius 3 is 2.54 bits per heavy atom. The van der Waals surface area contributed by atoms with Gasteiger partial charge in [0.05, 0.1) is 24.6 Å². The summed E-state index contributed by atoms with van der Waals surface area (Å²) in [7, 11) is -1.31. The Labute approximate surface area is 296 Å². The van der Waals surface area contributed by atoms with Gasteiger partial charge in [-0.2, -0.15) is 0 Å². The van der Waals surface area contributed by atoms with Crippen molar-refractivity contribution in [3.05, 3.63) is 88.8 Å². The van der Waals surface area contributed by atoms with E-state index in [0.29, 0.717) is 54.2 Å². The molecule has 1 spiro atoms. The number of methoxy groups -OCH3 is 1. The fourth-order valence-corrected chi connectivity index (χ4v) is 10.0. The molecule has 0 radical (unpaired) electrons. The Bertz CT molecular complexity index is 1740. The fourth-order valence-electron chi connectivity index (χ4n) is 7.43. The number of aromatic nitrogens is 3. The van der Waals surface area contributed by atoms with Crippen LogP contribution < -0.4 is 15.0 Å². The average molecular weight is 702 g/mol. The van der Waals surface area contributed by atoms with Crippen LogP contribution in [0.4, 0.5) is 11.4 Å². The number of carbonyl (C=O) groups excluding carboxylic acids is 2. The predicted octanol–water partition coefficient (Wildman–Crippen LogP) is 6.00. The molecule has 1 aromatic heterocycles. The number of carbonyl (C=O) groups is 2. The zero-order chi connectivity index (χ0) is 36.2. The van der Waals surface area contributed by atoms with Crippen LogP contribution in [0.2, 0.25) is 18.6 Å². The van der Waals surface area contributed by atoms with Crippen LogP contribution in [0.1, 0.15) is 68.6 Å². The second-order valence-corrected chi connectivity index (χ2v) is 18.3. The lowest BCUT2D eigenvalue weighted by Crippen LogP contribution is -2.46. The lowest BCUT2D eigenvalue weighted by atomic mass is 9.82. The van der Waals surface area contributed by atoms with Gasteiger partial charge in [0.1, 0.15) is 5.75 Å². The van der Waals surface area contributed by atoms with E-state index in [1.165, 1.54) is 11.1 Å². The first-order chi connectivity index (χ1) is 23.8. The van der Waals surface area contributed by atoms with Crippen LogP contribution in [0.3, 0.4) is 0 Å². The molecule has 2 aliphatic rings. The van der Waals surface area contributed by atoms with Gasteiger partial charge >= 0.3 is 0 Å². The third kappa shape index (κ3) is 7.78. The molecule has 2 aromatic carbocycles. The van der Waals surface area contributed by atoms with E-state index in [9.17, 15) is 19.5 Å². The molecule has 50 heavy (non-hydrogen) atoms. The first kappa shape index (κ1) is 37.2. The van der Waals surface area contributed by atoms with Crippen molar-refractivity contribution in [3.63, 3.8) is 0 Å². The highest BCUT2D eigenvalue weighted by atomic mass is 28.4. The number of anilines is 2. The quantitative estimate of drug-likeness (QED) is 0.137. The standard InChI is InChI=1S/C38H51N5O6Si/c1-25(2)9-8-10-26(3)17-21-43-33-16-13-29(39-36(45)28-11-14-31(48-5)15-12-28)23-32(33)38(37(43)46)27(4)35(50(6,7)47)34(49-38)18-20-42-24-30(19-22-44)40-41-42/h9,11-17,23-24,27,34-35,44,47H,8,10,18-22H2,1-7H3,(H,39,45)/b26-17+/t27-,34+,35-,38+/m1/s1. The largest absolute Gasteiger partial charge is 0.497 e. The highest BCUT2D eigenvalue weighted by Crippen LogP contribution is 2.60. The molecule has 1 saturated heterocycles. The molecule has 11 nitrogen and oxygen atoms in total. The van der Waals surface area contributed by atoms with Crippen molar-refractivity contribution in [2.24, 2.45) is 5.92 Å². The third-order valence-corrected chi connectivity index (χ3v) is 12.4. The minimum Gasteiger partial charge on any atom is -0.497 e. The van der Waals surface area contributed by atoms with Crippen molar-refractivity contribution in [2.75, 3.05) is 30.5 Å². The van der Waals surface area contributed by atoms with Crippen molar-refractivity contribution >= 4 is 31.5 Å². The van der Waals surface area contributed by atoms with E-state index in [1.54, 1.807) is 41.0 Å². The maximum Gasteiger partial charge on any atom is 0.264 e. The molecule has 0 bridgehead atoms. The van der Waals surface area contributed by atoms with Gasteiger partial charge in [0.25, 0.3) is 11.8 Å².